The number of amidine groups is 1. The maximum atomic E-state index is 12.0. The van der Waals surface area contributed by atoms with E-state index in [4.69, 9.17) is 5.11 Å². The predicted octanol–water partition coefficient (Wildman–Crippen LogP) is 1.52. The first-order chi connectivity index (χ1) is 10.6. The zero-order chi connectivity index (χ0) is 17.8. The van der Waals surface area contributed by atoms with E-state index in [2.05, 4.69) is 29.1 Å². The highest BCUT2D eigenvalue weighted by Gasteiger charge is 2.42. The fourth-order valence-electron chi connectivity index (χ4n) is 1.82. The maximum absolute atomic E-state index is 12.0. The third-order valence-corrected chi connectivity index (χ3v) is 3.42. The number of nitrogens with one attached hydrogen (secondary N) is 1. The van der Waals surface area contributed by atoms with Crippen molar-refractivity contribution in [2.75, 3.05) is 0 Å². The van der Waals surface area contributed by atoms with Gasteiger partial charge < -0.3 is 10.4 Å². The van der Waals surface area contributed by atoms with Gasteiger partial charge in [-0.3, -0.25) is 9.78 Å². The number of aromatic carboxylic acids is 1. The lowest BCUT2D eigenvalue weighted by atomic mass is 9.89. The van der Waals surface area contributed by atoms with Gasteiger partial charge in [0, 0.05) is 6.20 Å². The van der Waals surface area contributed by atoms with Crippen molar-refractivity contribution in [3.63, 3.8) is 0 Å². The van der Waals surface area contributed by atoms with Crippen molar-refractivity contribution >= 4 is 34.0 Å². The molecule has 2 rings (SSSR count). The number of carbonyl (C=O) groups is 2. The molecule has 124 valence electrons. The molecular weight excluding hydrogens is 309 g/mol. The van der Waals surface area contributed by atoms with Crippen molar-refractivity contribution in [2.24, 2.45) is 10.9 Å². The maximum Gasteiger partial charge on any atom is 0.338 e. The van der Waals surface area contributed by atoms with Crippen LogP contribution in [-0.2, 0) is 4.79 Å². The second-order valence-electron chi connectivity index (χ2n) is 6.65. The topological polar surface area (TPSA) is 91.7 Å². The SMILES string of the molecule is CC(C)C1(C)N=C(c2ncccc2C(=O)O)NC1=O.C[CH](C)[AlH2]. The molecule has 2 N–H and O–H groups in total. The summed E-state index contributed by atoms with van der Waals surface area (Å²) in [7, 11) is 0. The highest BCUT2D eigenvalue weighted by atomic mass is 27.0. The van der Waals surface area contributed by atoms with E-state index in [1.54, 1.807) is 6.92 Å². The minimum Gasteiger partial charge on any atom is -0.478 e. The van der Waals surface area contributed by atoms with E-state index in [1.807, 2.05) is 13.8 Å². The van der Waals surface area contributed by atoms with E-state index in [9.17, 15) is 9.59 Å². The summed E-state index contributed by atoms with van der Waals surface area (Å²) in [6, 6.07) is 2.97. The van der Waals surface area contributed by atoms with Gasteiger partial charge in [0.1, 0.15) is 11.2 Å². The number of carbonyl (C=O) groups excluding carboxylic acids is 1. The minimum atomic E-state index is -1.10. The van der Waals surface area contributed by atoms with Crippen molar-refractivity contribution in [3.8, 4) is 0 Å². The van der Waals surface area contributed by atoms with E-state index >= 15 is 0 Å². The minimum absolute atomic E-state index is 0.00184. The van der Waals surface area contributed by atoms with E-state index in [0.29, 0.717) is 0 Å². The first kappa shape index (κ1) is 19.3. The van der Waals surface area contributed by atoms with Crippen LogP contribution >= 0.6 is 0 Å². The number of rotatable bonds is 3. The van der Waals surface area contributed by atoms with E-state index in [1.165, 1.54) is 34.6 Å². The number of hydrogen-bond donors (Lipinski definition) is 2. The smallest absolute Gasteiger partial charge is 0.338 e. The molecule has 1 aliphatic heterocycles. The van der Waals surface area contributed by atoms with Crippen LogP contribution in [-0.4, -0.2) is 49.6 Å². The number of aliphatic imine (C=N–C) groups is 1. The Morgan fingerprint density at radius 3 is 2.35 bits per heavy atom. The third-order valence-electron chi connectivity index (χ3n) is 3.42. The Balaban J connectivity index is 0.000000593. The summed E-state index contributed by atoms with van der Waals surface area (Å²) >= 11 is 1.35. The summed E-state index contributed by atoms with van der Waals surface area (Å²) in [6.07, 6.45) is 1.47. The van der Waals surface area contributed by atoms with Gasteiger partial charge in [0.2, 0.25) is 16.3 Å². The Morgan fingerprint density at radius 1 is 1.35 bits per heavy atom. The predicted molar refractivity (Wildman–Crippen MR) is 92.8 cm³/mol. The number of carboxylic acid groups (broad SMARTS) is 1. The van der Waals surface area contributed by atoms with Crippen LogP contribution in [0.5, 0.6) is 0 Å². The third kappa shape index (κ3) is 4.63. The van der Waals surface area contributed by atoms with E-state index in [-0.39, 0.29) is 28.9 Å². The standard InChI is InChI=1S/C13H15N3O3.C3H7.Al.2H/c1-7(2)13(3)12(19)15-10(16-13)9-8(11(17)18)5-4-6-14-9;1-3-2;;;/h4-7H,1-3H3,(H,17,18)(H,15,16,19);3H,1-2H3;;;. The summed E-state index contributed by atoms with van der Waals surface area (Å²) < 4.78 is 0.972. The number of hydrogen-bond acceptors (Lipinski definition) is 4. The number of amides is 1. The van der Waals surface area contributed by atoms with Crippen LogP contribution in [0.4, 0.5) is 0 Å². The zero-order valence-electron chi connectivity index (χ0n) is 14.5. The quantitative estimate of drug-likeness (QED) is 0.821. The number of nitrogens with zero attached hydrogens (tertiary/aromatic N) is 2. The molecule has 1 aromatic heterocycles. The van der Waals surface area contributed by atoms with E-state index in [0.717, 1.165) is 4.78 Å². The molecule has 1 aromatic rings. The average Bonchev–Trinajstić information content (AvgIpc) is 2.75. The van der Waals surface area contributed by atoms with Crippen molar-refractivity contribution in [2.45, 2.75) is 44.9 Å². The van der Waals surface area contributed by atoms with Gasteiger partial charge in [-0.15, -0.1) is 0 Å². The fourth-order valence-corrected chi connectivity index (χ4v) is 1.82. The Kier molecular flexibility index (Phi) is 6.49. The number of aromatic nitrogens is 1. The molecule has 1 amide bonds. The molecule has 0 saturated carbocycles. The van der Waals surface area contributed by atoms with Crippen LogP contribution < -0.4 is 5.32 Å². The zero-order valence-corrected chi connectivity index (χ0v) is 16.5. The number of carboxylic acids is 1. The molecule has 6 nitrogen and oxygen atoms in total. The lowest BCUT2D eigenvalue weighted by Crippen LogP contribution is -2.41. The summed E-state index contributed by atoms with van der Waals surface area (Å²) in [6.45, 7) is 9.97. The fraction of sp³-hybridized carbons (Fsp3) is 0.500. The van der Waals surface area contributed by atoms with Gasteiger partial charge in [0.25, 0.3) is 5.91 Å². The molecule has 0 bridgehead atoms. The first-order valence-electron chi connectivity index (χ1n) is 7.69. The molecular formula is C16H24AlN3O3. The van der Waals surface area contributed by atoms with Crippen molar-refractivity contribution in [1.82, 2.24) is 10.3 Å². The Labute approximate surface area is 144 Å². The second-order valence-corrected chi connectivity index (χ2v) is 8.96. The van der Waals surface area contributed by atoms with E-state index < -0.39 is 11.5 Å². The normalized spacial score (nSPS) is 20.0. The molecule has 2 heterocycles. The van der Waals surface area contributed by atoms with Gasteiger partial charge in [-0.2, -0.15) is 0 Å². The number of pyridine rings is 1. The molecule has 0 radical (unpaired) electrons. The highest BCUT2D eigenvalue weighted by Crippen LogP contribution is 2.27. The molecule has 7 heteroatoms. The monoisotopic (exact) mass is 333 g/mol. The summed E-state index contributed by atoms with van der Waals surface area (Å²) in [5, 5.41) is 11.7. The Hall–Kier alpha value is -1.71. The average molecular weight is 333 g/mol. The van der Waals surface area contributed by atoms with Crippen LogP contribution in [0, 0.1) is 5.92 Å². The molecule has 0 fully saturated rings. The molecule has 0 aromatic carbocycles. The molecule has 0 spiro atoms. The van der Waals surface area contributed by atoms with Crippen molar-refractivity contribution in [1.29, 1.82) is 0 Å². The molecule has 1 aliphatic rings. The Morgan fingerprint density at radius 2 is 1.91 bits per heavy atom. The van der Waals surface area contributed by atoms with Crippen molar-refractivity contribution in [3.05, 3.63) is 29.6 Å². The van der Waals surface area contributed by atoms with Crippen LogP contribution in [0.2, 0.25) is 4.78 Å². The molecule has 1 unspecified atom stereocenters. The Bertz CT molecular complexity index is 626. The van der Waals surface area contributed by atoms with Crippen LogP contribution in [0.1, 0.15) is 50.7 Å². The summed E-state index contributed by atoms with van der Waals surface area (Å²) in [5.74, 6) is -1.11. The second kappa shape index (κ2) is 7.71. The molecule has 0 aliphatic carbocycles. The summed E-state index contributed by atoms with van der Waals surface area (Å²) in [4.78, 5) is 31.5. The molecule has 23 heavy (non-hydrogen) atoms. The lowest BCUT2D eigenvalue weighted by Gasteiger charge is -2.21. The van der Waals surface area contributed by atoms with Crippen LogP contribution in [0.15, 0.2) is 23.3 Å². The summed E-state index contributed by atoms with van der Waals surface area (Å²) in [5.41, 5.74) is -0.676. The molecule has 1 atom stereocenters. The largest absolute Gasteiger partial charge is 0.478 e. The molecule has 0 saturated heterocycles. The van der Waals surface area contributed by atoms with Crippen LogP contribution in [0.3, 0.4) is 0 Å². The van der Waals surface area contributed by atoms with Gasteiger partial charge >= 0.3 is 5.97 Å². The van der Waals surface area contributed by atoms with Crippen LogP contribution in [0.25, 0.3) is 0 Å². The lowest BCUT2D eigenvalue weighted by molar-refractivity contribution is -0.124. The van der Waals surface area contributed by atoms with Gasteiger partial charge in [-0.1, -0.05) is 32.5 Å². The van der Waals surface area contributed by atoms with Crippen molar-refractivity contribution < 1.29 is 14.7 Å². The van der Waals surface area contributed by atoms with Gasteiger partial charge in [-0.05, 0) is 25.0 Å². The van der Waals surface area contributed by atoms with Gasteiger partial charge in [0.05, 0.1) is 5.56 Å². The highest BCUT2D eigenvalue weighted by molar-refractivity contribution is 6.17. The van der Waals surface area contributed by atoms with Gasteiger partial charge in [-0.25, -0.2) is 9.79 Å². The first-order valence-corrected chi connectivity index (χ1v) is 8.85. The van der Waals surface area contributed by atoms with Gasteiger partial charge in [0.15, 0.2) is 5.84 Å².